The van der Waals surface area contributed by atoms with Crippen LogP contribution in [0, 0.1) is 5.41 Å². The van der Waals surface area contributed by atoms with Crippen molar-refractivity contribution < 1.29 is 0 Å². The Morgan fingerprint density at radius 2 is 2.38 bits per heavy atom. The first-order valence-electron chi connectivity index (χ1n) is 6.06. The van der Waals surface area contributed by atoms with Gasteiger partial charge in [0.1, 0.15) is 0 Å². The van der Waals surface area contributed by atoms with E-state index >= 15 is 0 Å². The van der Waals surface area contributed by atoms with E-state index in [1.54, 1.807) is 11.3 Å². The van der Waals surface area contributed by atoms with Crippen molar-refractivity contribution in [2.45, 2.75) is 39.2 Å². The van der Waals surface area contributed by atoms with Crippen molar-refractivity contribution in [2.24, 2.45) is 11.1 Å². The second-order valence-corrected chi connectivity index (χ2v) is 5.98. The van der Waals surface area contributed by atoms with Crippen LogP contribution in [0.25, 0.3) is 0 Å². The largest absolute Gasteiger partial charge is 0.330 e. The van der Waals surface area contributed by atoms with E-state index in [-0.39, 0.29) is 0 Å². The zero-order valence-electron chi connectivity index (χ0n) is 9.96. The lowest BCUT2D eigenvalue weighted by molar-refractivity contribution is 0.156. The number of nitrogens with two attached hydrogens (primary N) is 1. The van der Waals surface area contributed by atoms with Crippen LogP contribution >= 0.6 is 11.3 Å². The Hall–Kier alpha value is -0.450. The van der Waals surface area contributed by atoms with Crippen molar-refractivity contribution in [1.82, 2.24) is 10.3 Å². The highest BCUT2D eigenvalue weighted by atomic mass is 32.1. The summed E-state index contributed by atoms with van der Waals surface area (Å²) in [5.41, 5.74) is 7.22. The van der Waals surface area contributed by atoms with Gasteiger partial charge in [0.25, 0.3) is 0 Å². The van der Waals surface area contributed by atoms with Gasteiger partial charge in [-0.2, -0.15) is 0 Å². The third kappa shape index (κ3) is 3.03. The lowest BCUT2D eigenvalue weighted by Crippen LogP contribution is -2.37. The molecule has 0 aromatic carbocycles. The van der Waals surface area contributed by atoms with E-state index in [9.17, 15) is 0 Å². The van der Waals surface area contributed by atoms with E-state index in [4.69, 9.17) is 5.73 Å². The van der Waals surface area contributed by atoms with Crippen LogP contribution in [0.4, 0.5) is 0 Å². The lowest BCUT2D eigenvalue weighted by atomic mass is 9.70. The zero-order valence-corrected chi connectivity index (χ0v) is 10.8. The van der Waals surface area contributed by atoms with E-state index in [0.29, 0.717) is 12.0 Å². The monoisotopic (exact) mass is 239 g/mol. The van der Waals surface area contributed by atoms with Crippen LogP contribution in [0.5, 0.6) is 0 Å². The summed E-state index contributed by atoms with van der Waals surface area (Å²) in [7, 11) is 0. The molecular weight excluding hydrogens is 218 g/mol. The summed E-state index contributed by atoms with van der Waals surface area (Å²) < 4.78 is 0. The van der Waals surface area contributed by atoms with Crippen LogP contribution in [-0.4, -0.2) is 18.1 Å². The van der Waals surface area contributed by atoms with Gasteiger partial charge >= 0.3 is 0 Å². The van der Waals surface area contributed by atoms with Crippen molar-refractivity contribution in [3.8, 4) is 0 Å². The third-order valence-corrected chi connectivity index (χ3v) is 4.33. The average Bonchev–Trinajstić information content (AvgIpc) is 2.64. The van der Waals surface area contributed by atoms with Crippen molar-refractivity contribution in [3.63, 3.8) is 0 Å². The first-order valence-corrected chi connectivity index (χ1v) is 6.94. The van der Waals surface area contributed by atoms with Crippen LogP contribution in [0.2, 0.25) is 0 Å². The molecule has 1 aliphatic rings. The SMILES string of the molecule is CC1(CNCc2csc(CCN)n2)CCC1. The van der Waals surface area contributed by atoms with Crippen LogP contribution in [-0.2, 0) is 13.0 Å². The normalized spacial score (nSPS) is 18.4. The topological polar surface area (TPSA) is 50.9 Å². The van der Waals surface area contributed by atoms with Gasteiger partial charge in [0.2, 0.25) is 0 Å². The van der Waals surface area contributed by atoms with E-state index in [1.165, 1.54) is 19.3 Å². The van der Waals surface area contributed by atoms with Gasteiger partial charge in [0.05, 0.1) is 10.7 Å². The van der Waals surface area contributed by atoms with Crippen LogP contribution in [0.15, 0.2) is 5.38 Å². The molecule has 0 aliphatic heterocycles. The average molecular weight is 239 g/mol. The molecule has 1 aromatic rings. The Labute approximate surface area is 101 Å². The minimum atomic E-state index is 0.552. The maximum atomic E-state index is 5.50. The molecule has 0 amide bonds. The molecule has 3 nitrogen and oxygen atoms in total. The summed E-state index contributed by atoms with van der Waals surface area (Å²) in [5, 5.41) is 6.81. The lowest BCUT2D eigenvalue weighted by Gasteiger charge is -2.38. The molecule has 0 unspecified atom stereocenters. The van der Waals surface area contributed by atoms with E-state index in [2.05, 4.69) is 22.6 Å². The molecule has 4 heteroatoms. The van der Waals surface area contributed by atoms with Crippen LogP contribution in [0.1, 0.15) is 36.9 Å². The highest BCUT2D eigenvalue weighted by molar-refractivity contribution is 7.09. The molecule has 0 spiro atoms. The Balaban J connectivity index is 1.72. The summed E-state index contributed by atoms with van der Waals surface area (Å²) >= 11 is 1.72. The predicted octanol–water partition coefficient (Wildman–Crippen LogP) is 1.92. The maximum Gasteiger partial charge on any atom is 0.0941 e. The van der Waals surface area contributed by atoms with Gasteiger partial charge < -0.3 is 11.1 Å². The van der Waals surface area contributed by atoms with Gasteiger partial charge in [-0.1, -0.05) is 13.3 Å². The molecule has 1 saturated carbocycles. The van der Waals surface area contributed by atoms with Crippen molar-refractivity contribution >= 4 is 11.3 Å². The standard InChI is InChI=1S/C12H21N3S/c1-12(4-2-5-12)9-14-7-10-8-16-11(15-10)3-6-13/h8,14H,2-7,9,13H2,1H3. The number of aromatic nitrogens is 1. The quantitative estimate of drug-likeness (QED) is 0.797. The zero-order chi connectivity index (χ0) is 11.4. The van der Waals surface area contributed by atoms with Gasteiger partial charge in [-0.3, -0.25) is 0 Å². The van der Waals surface area contributed by atoms with Gasteiger partial charge in [0, 0.05) is 24.9 Å². The number of nitrogens with zero attached hydrogens (tertiary/aromatic N) is 1. The van der Waals surface area contributed by atoms with Crippen LogP contribution in [0.3, 0.4) is 0 Å². The Morgan fingerprint density at radius 3 is 3.00 bits per heavy atom. The smallest absolute Gasteiger partial charge is 0.0941 e. The van der Waals surface area contributed by atoms with Crippen LogP contribution < -0.4 is 11.1 Å². The Kier molecular flexibility index (Phi) is 3.95. The summed E-state index contributed by atoms with van der Waals surface area (Å²) in [6.45, 7) is 5.08. The molecular formula is C12H21N3S. The third-order valence-electron chi connectivity index (χ3n) is 3.38. The predicted molar refractivity (Wildman–Crippen MR) is 68.5 cm³/mol. The molecule has 1 fully saturated rings. The van der Waals surface area contributed by atoms with Crippen molar-refractivity contribution in [3.05, 3.63) is 16.1 Å². The second kappa shape index (κ2) is 5.25. The minimum absolute atomic E-state index is 0.552. The molecule has 1 aromatic heterocycles. The number of hydrogen-bond donors (Lipinski definition) is 2. The van der Waals surface area contributed by atoms with Gasteiger partial charge in [0.15, 0.2) is 0 Å². The minimum Gasteiger partial charge on any atom is -0.330 e. The fourth-order valence-electron chi connectivity index (χ4n) is 2.12. The fourth-order valence-corrected chi connectivity index (χ4v) is 2.93. The highest BCUT2D eigenvalue weighted by Crippen LogP contribution is 2.39. The molecule has 1 aliphatic carbocycles. The summed E-state index contributed by atoms with van der Waals surface area (Å²) in [4.78, 5) is 4.54. The molecule has 1 heterocycles. The molecule has 90 valence electrons. The molecule has 0 saturated heterocycles. The molecule has 0 bridgehead atoms. The highest BCUT2D eigenvalue weighted by Gasteiger charge is 2.30. The number of hydrogen-bond acceptors (Lipinski definition) is 4. The van der Waals surface area contributed by atoms with E-state index < -0.39 is 0 Å². The summed E-state index contributed by atoms with van der Waals surface area (Å²) in [6.07, 6.45) is 5.04. The molecule has 2 rings (SSSR count). The van der Waals surface area contributed by atoms with Gasteiger partial charge in [-0.25, -0.2) is 4.98 Å². The summed E-state index contributed by atoms with van der Waals surface area (Å²) in [6, 6.07) is 0. The maximum absolute atomic E-state index is 5.50. The van der Waals surface area contributed by atoms with E-state index in [1.807, 2.05) is 0 Å². The Bertz CT molecular complexity index is 331. The Morgan fingerprint density at radius 1 is 1.56 bits per heavy atom. The van der Waals surface area contributed by atoms with Crippen molar-refractivity contribution in [1.29, 1.82) is 0 Å². The molecule has 0 radical (unpaired) electrons. The van der Waals surface area contributed by atoms with Gasteiger partial charge in [-0.15, -0.1) is 11.3 Å². The fraction of sp³-hybridized carbons (Fsp3) is 0.750. The molecule has 16 heavy (non-hydrogen) atoms. The first-order chi connectivity index (χ1) is 7.72. The molecule has 3 N–H and O–H groups in total. The number of thiazole rings is 1. The molecule has 0 atom stereocenters. The summed E-state index contributed by atoms with van der Waals surface area (Å²) in [5.74, 6) is 0. The van der Waals surface area contributed by atoms with Crippen molar-refractivity contribution in [2.75, 3.05) is 13.1 Å². The number of rotatable bonds is 6. The van der Waals surface area contributed by atoms with E-state index in [0.717, 1.165) is 30.2 Å². The second-order valence-electron chi connectivity index (χ2n) is 5.04. The van der Waals surface area contributed by atoms with Gasteiger partial charge in [-0.05, 0) is 24.8 Å². The first kappa shape index (κ1) is 12.0. The number of nitrogens with one attached hydrogen (secondary N) is 1.